The van der Waals surface area contributed by atoms with E-state index in [1.807, 2.05) is 6.92 Å². The summed E-state index contributed by atoms with van der Waals surface area (Å²) in [4.78, 5) is 22.5. The third kappa shape index (κ3) is 5.30. The molecule has 1 N–H and O–H groups in total. The molecule has 0 spiro atoms. The first-order valence-electron chi connectivity index (χ1n) is 9.85. The van der Waals surface area contributed by atoms with Crippen molar-refractivity contribution in [2.45, 2.75) is 33.6 Å². The number of benzene rings is 1. The molecule has 1 fully saturated rings. The summed E-state index contributed by atoms with van der Waals surface area (Å²) in [5.74, 6) is 0.0222. The number of aromatic nitrogens is 1. The minimum Gasteiger partial charge on any atom is -0.369 e. The molecule has 6 heteroatoms. The fourth-order valence-electron chi connectivity index (χ4n) is 3.45. The van der Waals surface area contributed by atoms with Crippen molar-refractivity contribution in [1.29, 1.82) is 0 Å². The van der Waals surface area contributed by atoms with Crippen LogP contribution in [0.15, 0.2) is 24.3 Å². The summed E-state index contributed by atoms with van der Waals surface area (Å²) in [5, 5.41) is 4.08. The van der Waals surface area contributed by atoms with Crippen LogP contribution in [0, 0.1) is 13.8 Å². The normalized spacial score (nSPS) is 15.1. The molecular formula is C21H30N4OS. The molecule has 1 aromatic heterocycles. The zero-order valence-corrected chi connectivity index (χ0v) is 17.4. The first-order chi connectivity index (χ1) is 13.1. The van der Waals surface area contributed by atoms with Gasteiger partial charge in [0.15, 0.2) is 0 Å². The number of nitrogens with zero attached hydrogens (tertiary/aromatic N) is 3. The van der Waals surface area contributed by atoms with E-state index in [0.717, 1.165) is 67.7 Å². The van der Waals surface area contributed by atoms with E-state index >= 15 is 0 Å². The van der Waals surface area contributed by atoms with Crippen LogP contribution in [0.2, 0.25) is 0 Å². The summed E-state index contributed by atoms with van der Waals surface area (Å²) in [6.45, 7) is 12.2. The molecule has 1 saturated heterocycles. The Balaban J connectivity index is 1.37. The zero-order chi connectivity index (χ0) is 19.2. The lowest BCUT2D eigenvalue weighted by atomic mass is 10.2. The van der Waals surface area contributed by atoms with E-state index in [1.54, 1.807) is 0 Å². The number of hydrogen-bond acceptors (Lipinski definition) is 5. The molecule has 1 aromatic carbocycles. The fourth-order valence-corrected chi connectivity index (χ4v) is 4.37. The van der Waals surface area contributed by atoms with Crippen LogP contribution in [0.5, 0.6) is 0 Å². The second-order valence-electron chi connectivity index (χ2n) is 7.15. The van der Waals surface area contributed by atoms with E-state index in [4.69, 9.17) is 0 Å². The first kappa shape index (κ1) is 19.8. The maximum atomic E-state index is 12.3. The standard InChI is InChI=1S/C21H30N4OS/c1-4-19-23-17(3)20(27-19)21(26)22-9-6-10-24-11-13-25(14-12-24)18-8-5-7-16(2)15-18/h5,7-8,15H,4,6,9-14H2,1-3H3,(H,22,26). The molecule has 0 aliphatic carbocycles. The number of aryl methyl sites for hydroxylation is 3. The molecule has 1 amide bonds. The Morgan fingerprint density at radius 1 is 1.22 bits per heavy atom. The van der Waals surface area contributed by atoms with Gasteiger partial charge in [-0.15, -0.1) is 11.3 Å². The van der Waals surface area contributed by atoms with Gasteiger partial charge in [0.1, 0.15) is 4.88 Å². The summed E-state index contributed by atoms with van der Waals surface area (Å²) >= 11 is 1.51. The van der Waals surface area contributed by atoms with Gasteiger partial charge in [-0.2, -0.15) is 0 Å². The molecule has 0 bridgehead atoms. The monoisotopic (exact) mass is 386 g/mol. The summed E-state index contributed by atoms with van der Waals surface area (Å²) in [7, 11) is 0. The van der Waals surface area contributed by atoms with Crippen LogP contribution < -0.4 is 10.2 Å². The van der Waals surface area contributed by atoms with Crippen LogP contribution in [0.4, 0.5) is 5.69 Å². The number of thiazole rings is 1. The Kier molecular flexibility index (Phi) is 6.85. The third-order valence-corrected chi connectivity index (χ3v) is 6.33. The predicted octanol–water partition coefficient (Wildman–Crippen LogP) is 3.26. The molecule has 146 valence electrons. The highest BCUT2D eigenvalue weighted by Crippen LogP contribution is 2.19. The van der Waals surface area contributed by atoms with Gasteiger partial charge in [-0.3, -0.25) is 9.69 Å². The summed E-state index contributed by atoms with van der Waals surface area (Å²) in [5.41, 5.74) is 3.49. The van der Waals surface area contributed by atoms with Crippen LogP contribution in [-0.4, -0.2) is 55.1 Å². The lowest BCUT2D eigenvalue weighted by molar-refractivity contribution is 0.0954. The Hall–Kier alpha value is -1.92. The van der Waals surface area contributed by atoms with Gasteiger partial charge in [0, 0.05) is 38.4 Å². The van der Waals surface area contributed by atoms with Gasteiger partial charge >= 0.3 is 0 Å². The number of piperazine rings is 1. The Labute approximate surface area is 166 Å². The van der Waals surface area contributed by atoms with Crippen molar-refractivity contribution in [2.75, 3.05) is 44.2 Å². The van der Waals surface area contributed by atoms with E-state index in [9.17, 15) is 4.79 Å². The molecule has 5 nitrogen and oxygen atoms in total. The highest BCUT2D eigenvalue weighted by atomic mass is 32.1. The highest BCUT2D eigenvalue weighted by molar-refractivity contribution is 7.13. The fraction of sp³-hybridized carbons (Fsp3) is 0.524. The van der Waals surface area contributed by atoms with Gasteiger partial charge in [-0.25, -0.2) is 4.98 Å². The number of carbonyl (C=O) groups is 1. The topological polar surface area (TPSA) is 48.5 Å². The van der Waals surface area contributed by atoms with E-state index in [-0.39, 0.29) is 5.91 Å². The van der Waals surface area contributed by atoms with Crippen molar-refractivity contribution in [3.63, 3.8) is 0 Å². The molecule has 0 unspecified atom stereocenters. The van der Waals surface area contributed by atoms with Crippen molar-refractivity contribution in [3.05, 3.63) is 45.4 Å². The smallest absolute Gasteiger partial charge is 0.263 e. The van der Waals surface area contributed by atoms with Crippen LogP contribution in [0.3, 0.4) is 0 Å². The average molecular weight is 387 g/mol. The number of nitrogens with one attached hydrogen (secondary N) is 1. The summed E-state index contributed by atoms with van der Waals surface area (Å²) < 4.78 is 0. The Bertz CT molecular complexity index is 765. The van der Waals surface area contributed by atoms with E-state index in [0.29, 0.717) is 0 Å². The van der Waals surface area contributed by atoms with Crippen LogP contribution in [0.25, 0.3) is 0 Å². The molecule has 2 aromatic rings. The quantitative estimate of drug-likeness (QED) is 0.742. The molecule has 1 aliphatic heterocycles. The Morgan fingerprint density at radius 3 is 2.67 bits per heavy atom. The van der Waals surface area contributed by atoms with Gasteiger partial charge in [0.25, 0.3) is 5.91 Å². The van der Waals surface area contributed by atoms with Gasteiger partial charge in [0.2, 0.25) is 0 Å². The van der Waals surface area contributed by atoms with Crippen molar-refractivity contribution in [1.82, 2.24) is 15.2 Å². The van der Waals surface area contributed by atoms with Crippen molar-refractivity contribution in [3.8, 4) is 0 Å². The summed E-state index contributed by atoms with van der Waals surface area (Å²) in [6.07, 6.45) is 1.86. The van der Waals surface area contributed by atoms with Crippen LogP contribution in [-0.2, 0) is 6.42 Å². The molecule has 27 heavy (non-hydrogen) atoms. The molecule has 0 radical (unpaired) electrons. The van der Waals surface area contributed by atoms with Crippen LogP contribution in [0.1, 0.15) is 39.3 Å². The average Bonchev–Trinajstić information content (AvgIpc) is 3.06. The van der Waals surface area contributed by atoms with Crippen LogP contribution >= 0.6 is 11.3 Å². The molecule has 1 aliphatic rings. The lowest BCUT2D eigenvalue weighted by Gasteiger charge is -2.36. The lowest BCUT2D eigenvalue weighted by Crippen LogP contribution is -2.47. The van der Waals surface area contributed by atoms with Crippen molar-refractivity contribution >= 4 is 22.9 Å². The van der Waals surface area contributed by atoms with Gasteiger partial charge in [-0.1, -0.05) is 19.1 Å². The Morgan fingerprint density at radius 2 is 2.00 bits per heavy atom. The number of hydrogen-bond donors (Lipinski definition) is 1. The predicted molar refractivity (Wildman–Crippen MR) is 113 cm³/mol. The van der Waals surface area contributed by atoms with Gasteiger partial charge in [-0.05, 0) is 50.9 Å². The van der Waals surface area contributed by atoms with Gasteiger partial charge < -0.3 is 10.2 Å². The molecule has 0 atom stereocenters. The second-order valence-corrected chi connectivity index (χ2v) is 8.24. The second kappa shape index (κ2) is 9.33. The number of anilines is 1. The summed E-state index contributed by atoms with van der Waals surface area (Å²) in [6, 6.07) is 8.74. The number of rotatable bonds is 7. The van der Waals surface area contributed by atoms with Gasteiger partial charge in [0.05, 0.1) is 10.7 Å². The maximum absolute atomic E-state index is 12.3. The third-order valence-electron chi connectivity index (χ3n) is 5.03. The molecule has 2 heterocycles. The number of carbonyl (C=O) groups excluding carboxylic acids is 1. The minimum atomic E-state index is 0.0222. The minimum absolute atomic E-state index is 0.0222. The largest absolute Gasteiger partial charge is 0.369 e. The first-order valence-corrected chi connectivity index (χ1v) is 10.7. The zero-order valence-electron chi connectivity index (χ0n) is 16.6. The molecule has 0 saturated carbocycles. The van der Waals surface area contributed by atoms with Crippen molar-refractivity contribution < 1.29 is 4.79 Å². The number of amides is 1. The molecule has 3 rings (SSSR count). The maximum Gasteiger partial charge on any atom is 0.263 e. The van der Waals surface area contributed by atoms with E-state index in [1.165, 1.54) is 22.6 Å². The SMILES string of the molecule is CCc1nc(C)c(C(=O)NCCCN2CCN(c3cccc(C)c3)CC2)s1. The van der Waals surface area contributed by atoms with E-state index in [2.05, 4.69) is 58.2 Å². The van der Waals surface area contributed by atoms with E-state index < -0.39 is 0 Å². The van der Waals surface area contributed by atoms with Crippen molar-refractivity contribution in [2.24, 2.45) is 0 Å². The highest BCUT2D eigenvalue weighted by Gasteiger charge is 2.17. The molecular weight excluding hydrogens is 356 g/mol.